The Morgan fingerprint density at radius 2 is 2.19 bits per heavy atom. The van der Waals surface area contributed by atoms with Gasteiger partial charge in [-0.1, -0.05) is 6.07 Å². The third-order valence-corrected chi connectivity index (χ3v) is 3.95. The first-order valence-electron chi connectivity index (χ1n) is 7.37. The molecule has 0 bridgehead atoms. The van der Waals surface area contributed by atoms with Crippen LogP contribution in [0.4, 0.5) is 0 Å². The minimum Gasteiger partial charge on any atom is -0.338 e. The molecule has 0 unspecified atom stereocenters. The number of hydrogen-bond acceptors (Lipinski definition) is 3. The molecule has 0 aliphatic carbocycles. The van der Waals surface area contributed by atoms with E-state index in [9.17, 15) is 4.79 Å². The van der Waals surface area contributed by atoms with Gasteiger partial charge in [-0.15, -0.1) is 0 Å². The molecule has 108 valence electrons. The van der Waals surface area contributed by atoms with Crippen molar-refractivity contribution in [2.75, 3.05) is 13.1 Å². The molecule has 21 heavy (non-hydrogen) atoms. The van der Waals surface area contributed by atoms with Crippen LogP contribution >= 0.6 is 0 Å². The number of pyridine rings is 2. The van der Waals surface area contributed by atoms with Crippen LogP contribution in [0.25, 0.3) is 0 Å². The number of aryl methyl sites for hydroxylation is 1. The van der Waals surface area contributed by atoms with Gasteiger partial charge in [-0.25, -0.2) is 0 Å². The van der Waals surface area contributed by atoms with Gasteiger partial charge in [0.25, 0.3) is 5.91 Å². The Bertz CT molecular complexity index is 627. The van der Waals surface area contributed by atoms with Gasteiger partial charge in [0.1, 0.15) is 0 Å². The summed E-state index contributed by atoms with van der Waals surface area (Å²) in [5, 5.41) is 0. The highest BCUT2D eigenvalue weighted by atomic mass is 16.2. The number of hydrogen-bond donors (Lipinski definition) is 0. The van der Waals surface area contributed by atoms with Crippen LogP contribution in [0.5, 0.6) is 0 Å². The van der Waals surface area contributed by atoms with E-state index in [0.717, 1.165) is 37.3 Å². The lowest BCUT2D eigenvalue weighted by atomic mass is 9.93. The van der Waals surface area contributed by atoms with Crippen molar-refractivity contribution >= 4 is 5.91 Å². The molecule has 4 nitrogen and oxygen atoms in total. The maximum atomic E-state index is 12.5. The van der Waals surface area contributed by atoms with Gasteiger partial charge in [0, 0.05) is 42.8 Å². The molecule has 1 aliphatic heterocycles. The fraction of sp³-hybridized carbons (Fsp3) is 0.353. The topological polar surface area (TPSA) is 46.1 Å². The van der Waals surface area contributed by atoms with Crippen LogP contribution in [-0.2, 0) is 0 Å². The van der Waals surface area contributed by atoms with Crippen LogP contribution in [0, 0.1) is 6.92 Å². The lowest BCUT2D eigenvalue weighted by Crippen LogP contribution is -2.39. The van der Waals surface area contributed by atoms with Crippen LogP contribution in [-0.4, -0.2) is 33.9 Å². The second-order valence-electron chi connectivity index (χ2n) is 5.54. The average Bonchev–Trinajstić information content (AvgIpc) is 2.55. The van der Waals surface area contributed by atoms with Gasteiger partial charge < -0.3 is 4.90 Å². The number of nitrogens with zero attached hydrogens (tertiary/aromatic N) is 3. The van der Waals surface area contributed by atoms with Crippen molar-refractivity contribution in [2.24, 2.45) is 0 Å². The normalized spacial score (nSPS) is 18.5. The van der Waals surface area contributed by atoms with Crippen LogP contribution in [0.3, 0.4) is 0 Å². The summed E-state index contributed by atoms with van der Waals surface area (Å²) < 4.78 is 0. The van der Waals surface area contributed by atoms with Gasteiger partial charge in [0.15, 0.2) is 0 Å². The standard InChI is InChI=1S/C17H19N3O/c1-13-5-2-8-16(19-13)15-7-4-10-20(12-15)17(21)14-6-3-9-18-11-14/h2-3,5-6,8-9,11,15H,4,7,10,12H2,1H3/t15-/m0/s1. The highest BCUT2D eigenvalue weighted by Crippen LogP contribution is 2.26. The molecule has 0 aromatic carbocycles. The largest absolute Gasteiger partial charge is 0.338 e. The number of carbonyl (C=O) groups is 1. The Kier molecular flexibility index (Phi) is 3.95. The Balaban J connectivity index is 1.75. The van der Waals surface area contributed by atoms with Crippen LogP contribution in [0.1, 0.15) is 40.5 Å². The lowest BCUT2D eigenvalue weighted by Gasteiger charge is -2.32. The fourth-order valence-electron chi connectivity index (χ4n) is 2.87. The summed E-state index contributed by atoms with van der Waals surface area (Å²) in [6.07, 6.45) is 5.43. The Labute approximate surface area is 124 Å². The van der Waals surface area contributed by atoms with Crippen molar-refractivity contribution < 1.29 is 4.79 Å². The molecule has 2 aromatic heterocycles. The van der Waals surface area contributed by atoms with E-state index in [1.807, 2.05) is 30.0 Å². The smallest absolute Gasteiger partial charge is 0.255 e. The zero-order valence-electron chi connectivity index (χ0n) is 12.2. The van der Waals surface area contributed by atoms with Gasteiger partial charge in [0.05, 0.1) is 5.56 Å². The SMILES string of the molecule is Cc1cccc([C@H]2CCCN(C(=O)c3cccnc3)C2)n1. The van der Waals surface area contributed by atoms with E-state index in [4.69, 9.17) is 0 Å². The molecule has 0 N–H and O–H groups in total. The fourth-order valence-corrected chi connectivity index (χ4v) is 2.87. The van der Waals surface area contributed by atoms with Gasteiger partial charge in [-0.05, 0) is 44.0 Å². The number of aromatic nitrogens is 2. The maximum Gasteiger partial charge on any atom is 0.255 e. The Morgan fingerprint density at radius 3 is 2.95 bits per heavy atom. The maximum absolute atomic E-state index is 12.5. The molecule has 4 heteroatoms. The van der Waals surface area contributed by atoms with Crippen molar-refractivity contribution in [3.8, 4) is 0 Å². The van der Waals surface area contributed by atoms with E-state index in [1.165, 1.54) is 0 Å². The van der Waals surface area contributed by atoms with Gasteiger partial charge in [0.2, 0.25) is 0 Å². The van der Waals surface area contributed by atoms with Crippen molar-refractivity contribution in [2.45, 2.75) is 25.7 Å². The minimum atomic E-state index is 0.0699. The molecule has 3 rings (SSSR count). The van der Waals surface area contributed by atoms with E-state index in [2.05, 4.69) is 16.0 Å². The minimum absolute atomic E-state index is 0.0699. The first kappa shape index (κ1) is 13.7. The molecule has 1 amide bonds. The van der Waals surface area contributed by atoms with E-state index >= 15 is 0 Å². The zero-order valence-corrected chi connectivity index (χ0v) is 12.2. The predicted octanol–water partition coefficient (Wildman–Crippen LogP) is 2.80. The van der Waals surface area contributed by atoms with Gasteiger partial charge in [-0.2, -0.15) is 0 Å². The summed E-state index contributed by atoms with van der Waals surface area (Å²) in [5.41, 5.74) is 2.79. The third kappa shape index (κ3) is 3.10. The monoisotopic (exact) mass is 281 g/mol. The third-order valence-electron chi connectivity index (χ3n) is 3.95. The molecule has 1 atom stereocenters. The van der Waals surface area contributed by atoms with Crippen molar-refractivity contribution in [1.29, 1.82) is 0 Å². The summed E-state index contributed by atoms with van der Waals surface area (Å²) in [6.45, 7) is 3.56. The molecule has 0 radical (unpaired) electrons. The number of likely N-dealkylation sites (tertiary alicyclic amines) is 1. The summed E-state index contributed by atoms with van der Waals surface area (Å²) in [7, 11) is 0. The molecule has 0 saturated carbocycles. The first-order chi connectivity index (χ1) is 10.2. The highest BCUT2D eigenvalue weighted by Gasteiger charge is 2.26. The summed E-state index contributed by atoms with van der Waals surface area (Å²) in [5.74, 6) is 0.403. The second kappa shape index (κ2) is 6.04. The molecule has 1 aliphatic rings. The molecule has 1 saturated heterocycles. The predicted molar refractivity (Wildman–Crippen MR) is 81.1 cm³/mol. The summed E-state index contributed by atoms with van der Waals surface area (Å²) in [4.78, 5) is 23.1. The first-order valence-corrected chi connectivity index (χ1v) is 7.37. The number of rotatable bonds is 2. The molecule has 2 aromatic rings. The van der Waals surface area contributed by atoms with Gasteiger partial charge >= 0.3 is 0 Å². The average molecular weight is 281 g/mol. The number of amides is 1. The number of piperidine rings is 1. The van der Waals surface area contributed by atoms with Crippen molar-refractivity contribution in [1.82, 2.24) is 14.9 Å². The van der Waals surface area contributed by atoms with E-state index in [-0.39, 0.29) is 5.91 Å². The molecule has 1 fully saturated rings. The van der Waals surface area contributed by atoms with Gasteiger partial charge in [-0.3, -0.25) is 14.8 Å². The molecular formula is C17H19N3O. The summed E-state index contributed by atoms with van der Waals surface area (Å²) >= 11 is 0. The van der Waals surface area contributed by atoms with Crippen LogP contribution in [0.15, 0.2) is 42.7 Å². The van der Waals surface area contributed by atoms with Crippen molar-refractivity contribution in [3.05, 3.63) is 59.7 Å². The van der Waals surface area contributed by atoms with Crippen molar-refractivity contribution in [3.63, 3.8) is 0 Å². The zero-order chi connectivity index (χ0) is 14.7. The highest BCUT2D eigenvalue weighted by molar-refractivity contribution is 5.93. The quantitative estimate of drug-likeness (QED) is 0.850. The lowest BCUT2D eigenvalue weighted by molar-refractivity contribution is 0.0705. The summed E-state index contributed by atoms with van der Waals surface area (Å²) in [6, 6.07) is 9.74. The second-order valence-corrected chi connectivity index (χ2v) is 5.54. The Hall–Kier alpha value is -2.23. The van der Waals surface area contributed by atoms with Crippen LogP contribution < -0.4 is 0 Å². The molecular weight excluding hydrogens is 262 g/mol. The van der Waals surface area contributed by atoms with E-state index in [1.54, 1.807) is 18.5 Å². The van der Waals surface area contributed by atoms with E-state index < -0.39 is 0 Å². The Morgan fingerprint density at radius 1 is 1.29 bits per heavy atom. The number of carbonyl (C=O) groups excluding carboxylic acids is 1. The van der Waals surface area contributed by atoms with Crippen LogP contribution in [0.2, 0.25) is 0 Å². The molecule has 3 heterocycles. The van der Waals surface area contributed by atoms with E-state index in [0.29, 0.717) is 11.5 Å². The molecule has 0 spiro atoms.